The number of hydrogen-bond donors (Lipinski definition) is 0. The second-order valence-electron chi connectivity index (χ2n) is 7.37. The van der Waals surface area contributed by atoms with Gasteiger partial charge >= 0.3 is 19.5 Å². The third-order valence-corrected chi connectivity index (χ3v) is 4.60. The Morgan fingerprint density at radius 3 is 0.714 bits per heavy atom. The van der Waals surface area contributed by atoms with Gasteiger partial charge in [-0.3, -0.25) is 0 Å². The summed E-state index contributed by atoms with van der Waals surface area (Å²) in [7, 11) is -0.630. The van der Waals surface area contributed by atoms with E-state index in [1.54, 1.807) is 0 Å². The van der Waals surface area contributed by atoms with E-state index in [0.29, 0.717) is 0 Å². The summed E-state index contributed by atoms with van der Waals surface area (Å²) in [5, 5.41) is 0. The van der Waals surface area contributed by atoms with Crippen molar-refractivity contribution in [3.05, 3.63) is 13.6 Å². The quantitative estimate of drug-likeness (QED) is 0.499. The molecule has 0 atom stereocenters. The summed E-state index contributed by atoms with van der Waals surface area (Å²) in [6.07, 6.45) is 0. The van der Waals surface area contributed by atoms with Crippen LogP contribution in [0.3, 0.4) is 0 Å². The van der Waals surface area contributed by atoms with Crippen LogP contribution in [-0.4, -0.2) is 36.6 Å². The molecule has 0 unspecified atom stereocenters. The van der Waals surface area contributed by atoms with Crippen LogP contribution in [-0.2, 0) is 38.1 Å². The van der Waals surface area contributed by atoms with Gasteiger partial charge in [-0.25, -0.2) is 0 Å². The summed E-state index contributed by atoms with van der Waals surface area (Å²) in [5.41, 5.74) is -0.891. The van der Waals surface area contributed by atoms with Gasteiger partial charge in [0.15, 0.2) is 0 Å². The Bertz CT molecular complexity index is 293. The molecule has 0 saturated carbocycles. The normalized spacial score (nSPS) is 27.7. The van der Waals surface area contributed by atoms with Gasteiger partial charge in [0, 0.05) is 0 Å². The SMILES string of the molecule is [CH2-]B1OC(C)(C)C(C)(C)O1.[CH2-]B1OC(C)(C)C(C)(C)O1.[Zn+2]. The van der Waals surface area contributed by atoms with Crippen molar-refractivity contribution >= 4 is 14.2 Å². The van der Waals surface area contributed by atoms with Crippen molar-refractivity contribution in [1.29, 1.82) is 0 Å². The van der Waals surface area contributed by atoms with Crippen molar-refractivity contribution in [2.24, 2.45) is 0 Å². The molecular formula is C14H28B2O4Zn. The Balaban J connectivity index is 0.000000364. The first-order chi connectivity index (χ1) is 8.70. The van der Waals surface area contributed by atoms with Crippen LogP contribution in [0.2, 0.25) is 0 Å². The molecule has 0 aromatic carbocycles. The summed E-state index contributed by atoms with van der Waals surface area (Å²) < 4.78 is 21.7. The fraction of sp³-hybridized carbons (Fsp3) is 0.857. The first-order valence-electron chi connectivity index (χ1n) is 7.08. The van der Waals surface area contributed by atoms with E-state index >= 15 is 0 Å². The van der Waals surface area contributed by atoms with Crippen molar-refractivity contribution in [3.63, 3.8) is 0 Å². The van der Waals surface area contributed by atoms with Crippen LogP contribution >= 0.6 is 0 Å². The van der Waals surface area contributed by atoms with Crippen LogP contribution in [0.25, 0.3) is 0 Å². The van der Waals surface area contributed by atoms with Crippen molar-refractivity contribution in [1.82, 2.24) is 0 Å². The Labute approximate surface area is 144 Å². The molecule has 2 aliphatic heterocycles. The van der Waals surface area contributed by atoms with Gasteiger partial charge in [0.2, 0.25) is 0 Å². The molecule has 0 bridgehead atoms. The first-order valence-corrected chi connectivity index (χ1v) is 7.08. The van der Waals surface area contributed by atoms with Gasteiger partial charge in [-0.15, -0.1) is 0 Å². The Morgan fingerprint density at radius 2 is 0.667 bits per heavy atom. The summed E-state index contributed by atoms with van der Waals surface area (Å²) in [6.45, 7) is 23.5. The minimum Gasteiger partial charge on any atom is -0.430 e. The van der Waals surface area contributed by atoms with Crippen molar-refractivity contribution < 1.29 is 38.1 Å². The summed E-state index contributed by atoms with van der Waals surface area (Å²) >= 11 is 0. The van der Waals surface area contributed by atoms with Crippen LogP contribution in [0.1, 0.15) is 55.4 Å². The maximum absolute atomic E-state index is 5.43. The molecule has 4 nitrogen and oxygen atoms in total. The van der Waals surface area contributed by atoms with E-state index in [1.807, 2.05) is 55.4 Å². The van der Waals surface area contributed by atoms with E-state index in [1.165, 1.54) is 0 Å². The molecule has 2 heterocycles. The average Bonchev–Trinajstić information content (AvgIpc) is 2.40. The van der Waals surface area contributed by atoms with Gasteiger partial charge in [-0.1, -0.05) is 0 Å². The predicted octanol–water partition coefficient (Wildman–Crippen LogP) is 2.90. The molecule has 2 saturated heterocycles. The number of rotatable bonds is 0. The monoisotopic (exact) mass is 346 g/mol. The molecule has 0 N–H and O–H groups in total. The third-order valence-electron chi connectivity index (χ3n) is 4.60. The molecule has 0 amide bonds. The fourth-order valence-corrected chi connectivity index (χ4v) is 1.93. The predicted molar refractivity (Wildman–Crippen MR) is 82.9 cm³/mol. The zero-order chi connectivity index (χ0) is 16.0. The zero-order valence-electron chi connectivity index (χ0n) is 14.9. The molecule has 0 spiro atoms. The molecule has 2 rings (SSSR count). The van der Waals surface area contributed by atoms with Gasteiger partial charge in [-0.05, 0) is 55.4 Å². The van der Waals surface area contributed by atoms with Gasteiger partial charge in [0.1, 0.15) is 0 Å². The Morgan fingerprint density at radius 1 is 0.524 bits per heavy atom. The van der Waals surface area contributed by atoms with Gasteiger partial charge in [0.25, 0.3) is 14.2 Å². The van der Waals surface area contributed by atoms with E-state index in [9.17, 15) is 0 Å². The maximum Gasteiger partial charge on any atom is 2.00 e. The second-order valence-corrected chi connectivity index (χ2v) is 7.37. The van der Waals surface area contributed by atoms with E-state index in [4.69, 9.17) is 18.6 Å². The molecule has 2 aliphatic rings. The molecular weight excluding hydrogens is 319 g/mol. The zero-order valence-corrected chi connectivity index (χ0v) is 17.9. The van der Waals surface area contributed by atoms with E-state index in [-0.39, 0.29) is 56.1 Å². The third kappa shape index (κ3) is 4.78. The van der Waals surface area contributed by atoms with Gasteiger partial charge in [0.05, 0.1) is 22.4 Å². The van der Waals surface area contributed by atoms with Crippen molar-refractivity contribution in [3.8, 4) is 0 Å². The van der Waals surface area contributed by atoms with Crippen LogP contribution in [0.5, 0.6) is 0 Å². The van der Waals surface area contributed by atoms with E-state index in [0.717, 1.165) is 0 Å². The average molecular weight is 347 g/mol. The van der Waals surface area contributed by atoms with Gasteiger partial charge in [-0.2, -0.15) is 0 Å². The maximum atomic E-state index is 5.43. The van der Waals surface area contributed by atoms with Gasteiger partial charge < -0.3 is 32.3 Å². The smallest absolute Gasteiger partial charge is 0.430 e. The number of hydrogen-bond acceptors (Lipinski definition) is 4. The first kappa shape index (κ1) is 21.6. The molecule has 2 fully saturated rings. The molecule has 0 radical (unpaired) electrons. The summed E-state index contributed by atoms with van der Waals surface area (Å²) in [4.78, 5) is 0. The second kappa shape index (κ2) is 6.61. The summed E-state index contributed by atoms with van der Waals surface area (Å²) in [5.74, 6) is 0. The van der Waals surface area contributed by atoms with E-state index in [2.05, 4.69) is 13.6 Å². The van der Waals surface area contributed by atoms with Crippen LogP contribution in [0, 0.1) is 13.6 Å². The molecule has 21 heavy (non-hydrogen) atoms. The minimum absolute atomic E-state index is 0. The molecule has 116 valence electrons. The van der Waals surface area contributed by atoms with Crippen molar-refractivity contribution in [2.75, 3.05) is 0 Å². The molecule has 7 heteroatoms. The topological polar surface area (TPSA) is 36.9 Å². The van der Waals surface area contributed by atoms with E-state index < -0.39 is 0 Å². The fourth-order valence-electron chi connectivity index (χ4n) is 1.93. The summed E-state index contributed by atoms with van der Waals surface area (Å²) in [6, 6.07) is 0. The Hall–Kier alpha value is 0.593. The molecule has 0 aromatic rings. The van der Waals surface area contributed by atoms with Crippen LogP contribution in [0.15, 0.2) is 0 Å². The standard InChI is InChI=1S/2C7H14BO2.Zn/c2*1-6(2)7(3,4)10-8(5)9-6;/h2*5H2,1-4H3;/q2*-1;+2. The van der Waals surface area contributed by atoms with Crippen molar-refractivity contribution in [2.45, 2.75) is 77.8 Å². The minimum atomic E-state index is -0.315. The van der Waals surface area contributed by atoms with Crippen LogP contribution in [0.4, 0.5) is 0 Å². The van der Waals surface area contributed by atoms with Crippen LogP contribution < -0.4 is 0 Å². The Kier molecular flexibility index (Phi) is 6.79. The largest absolute Gasteiger partial charge is 2.00 e. The molecule has 0 aliphatic carbocycles. The molecule has 0 aromatic heterocycles.